The van der Waals surface area contributed by atoms with Crippen LogP contribution in [-0.2, 0) is 0 Å². The first-order valence-corrected chi connectivity index (χ1v) is 5.14. The molecule has 0 aliphatic rings. The van der Waals surface area contributed by atoms with Crippen LogP contribution in [-0.4, -0.2) is 0 Å². The van der Waals surface area contributed by atoms with E-state index in [1.807, 2.05) is 33.8 Å². The van der Waals surface area contributed by atoms with Gasteiger partial charge in [-0.15, -0.1) is 6.58 Å². The summed E-state index contributed by atoms with van der Waals surface area (Å²) in [4.78, 5) is 0. The molecule has 12 heavy (non-hydrogen) atoms. The molecule has 0 N–H and O–H groups in total. The topological polar surface area (TPSA) is 0 Å². The number of rotatable bonds is 2. The minimum Gasteiger partial charge on any atom is -0.103 e. The summed E-state index contributed by atoms with van der Waals surface area (Å²) in [5.74, 6) is 0.694. The van der Waals surface area contributed by atoms with E-state index in [2.05, 4.69) is 34.3 Å². The van der Waals surface area contributed by atoms with E-state index < -0.39 is 0 Å². The highest BCUT2D eigenvalue weighted by Gasteiger charge is 2.16. The van der Waals surface area contributed by atoms with Crippen LogP contribution in [0.2, 0.25) is 0 Å². The van der Waals surface area contributed by atoms with Gasteiger partial charge in [-0.1, -0.05) is 61.5 Å². The van der Waals surface area contributed by atoms with Crippen molar-refractivity contribution in [2.75, 3.05) is 0 Å². The molecule has 0 aromatic rings. The standard InChI is InChI=1S/C8H16.2C2H6/c1-6-8(4,5)7(2)3;2*1-2/h6-7H,1H2,2-5H3;2*1-2H3. The Hall–Kier alpha value is -0.260. The first-order valence-electron chi connectivity index (χ1n) is 5.14. The lowest BCUT2D eigenvalue weighted by atomic mass is 9.82. The summed E-state index contributed by atoms with van der Waals surface area (Å²) < 4.78 is 0. The Labute approximate surface area is 80.1 Å². The molecular formula is C12H28. The van der Waals surface area contributed by atoms with Crippen LogP contribution in [0.1, 0.15) is 55.4 Å². The van der Waals surface area contributed by atoms with Gasteiger partial charge in [-0.3, -0.25) is 0 Å². The van der Waals surface area contributed by atoms with Crippen LogP contribution in [0, 0.1) is 11.3 Å². The van der Waals surface area contributed by atoms with E-state index in [-0.39, 0.29) is 0 Å². The van der Waals surface area contributed by atoms with E-state index in [1.165, 1.54) is 0 Å². The van der Waals surface area contributed by atoms with Gasteiger partial charge in [0.05, 0.1) is 0 Å². The number of hydrogen-bond acceptors (Lipinski definition) is 0. The Bertz CT molecular complexity index is 78.0. The van der Waals surface area contributed by atoms with Crippen molar-refractivity contribution in [1.29, 1.82) is 0 Å². The molecule has 0 saturated heterocycles. The van der Waals surface area contributed by atoms with Crippen LogP contribution in [0.15, 0.2) is 12.7 Å². The maximum absolute atomic E-state index is 3.75. The molecule has 0 heterocycles. The predicted octanol–water partition coefficient (Wildman–Crippen LogP) is 4.91. The summed E-state index contributed by atoms with van der Waals surface area (Å²) >= 11 is 0. The Morgan fingerprint density at radius 2 is 1.25 bits per heavy atom. The Morgan fingerprint density at radius 3 is 1.25 bits per heavy atom. The van der Waals surface area contributed by atoms with Gasteiger partial charge in [0.2, 0.25) is 0 Å². The van der Waals surface area contributed by atoms with Gasteiger partial charge in [0, 0.05) is 0 Å². The average molecular weight is 172 g/mol. The highest BCUT2D eigenvalue weighted by molar-refractivity contribution is 4.89. The van der Waals surface area contributed by atoms with Crippen LogP contribution < -0.4 is 0 Å². The van der Waals surface area contributed by atoms with Crippen molar-refractivity contribution in [3.63, 3.8) is 0 Å². The molecule has 0 heteroatoms. The third-order valence-corrected chi connectivity index (χ3v) is 2.01. The van der Waals surface area contributed by atoms with E-state index in [9.17, 15) is 0 Å². The van der Waals surface area contributed by atoms with Crippen molar-refractivity contribution in [2.24, 2.45) is 11.3 Å². The molecule has 0 unspecified atom stereocenters. The molecular weight excluding hydrogens is 144 g/mol. The van der Waals surface area contributed by atoms with E-state index in [0.717, 1.165) is 0 Å². The third-order valence-electron chi connectivity index (χ3n) is 2.01. The first-order chi connectivity index (χ1) is 5.50. The second kappa shape index (κ2) is 10.7. The summed E-state index contributed by atoms with van der Waals surface area (Å²) in [5.41, 5.74) is 0.306. The molecule has 0 spiro atoms. The van der Waals surface area contributed by atoms with Crippen molar-refractivity contribution >= 4 is 0 Å². The molecule has 0 atom stereocenters. The summed E-state index contributed by atoms with van der Waals surface area (Å²) in [6.07, 6.45) is 2.01. The van der Waals surface area contributed by atoms with Crippen LogP contribution >= 0.6 is 0 Å². The van der Waals surface area contributed by atoms with Gasteiger partial charge in [0.25, 0.3) is 0 Å². The predicted molar refractivity (Wildman–Crippen MR) is 61.5 cm³/mol. The largest absolute Gasteiger partial charge is 0.103 e. The molecule has 0 aromatic carbocycles. The Kier molecular flexibility index (Phi) is 15.9. The zero-order chi connectivity index (χ0) is 10.8. The van der Waals surface area contributed by atoms with Gasteiger partial charge in [0.15, 0.2) is 0 Å². The highest BCUT2D eigenvalue weighted by atomic mass is 14.2. The lowest BCUT2D eigenvalue weighted by Crippen LogP contribution is -2.14. The zero-order valence-corrected chi connectivity index (χ0v) is 10.4. The van der Waals surface area contributed by atoms with E-state index in [0.29, 0.717) is 11.3 Å². The monoisotopic (exact) mass is 172 g/mol. The fourth-order valence-electron chi connectivity index (χ4n) is 0.236. The van der Waals surface area contributed by atoms with Gasteiger partial charge < -0.3 is 0 Å². The number of allylic oxidation sites excluding steroid dienone is 1. The quantitative estimate of drug-likeness (QED) is 0.519. The van der Waals surface area contributed by atoms with E-state index in [1.54, 1.807) is 0 Å². The minimum atomic E-state index is 0.306. The summed E-state index contributed by atoms with van der Waals surface area (Å²) in [6, 6.07) is 0. The van der Waals surface area contributed by atoms with Crippen molar-refractivity contribution in [3.05, 3.63) is 12.7 Å². The lowest BCUT2D eigenvalue weighted by Gasteiger charge is -2.24. The van der Waals surface area contributed by atoms with Crippen molar-refractivity contribution in [2.45, 2.75) is 55.4 Å². The van der Waals surface area contributed by atoms with Crippen LogP contribution in [0.25, 0.3) is 0 Å². The van der Waals surface area contributed by atoms with E-state index in [4.69, 9.17) is 0 Å². The maximum atomic E-state index is 3.75. The lowest BCUT2D eigenvalue weighted by molar-refractivity contribution is 0.334. The first kappa shape index (κ1) is 17.7. The maximum Gasteiger partial charge on any atom is -0.0155 e. The molecule has 0 aromatic heterocycles. The van der Waals surface area contributed by atoms with Crippen molar-refractivity contribution in [3.8, 4) is 0 Å². The molecule has 0 nitrogen and oxygen atoms in total. The molecule has 0 amide bonds. The van der Waals surface area contributed by atoms with Crippen LogP contribution in [0.3, 0.4) is 0 Å². The zero-order valence-electron chi connectivity index (χ0n) is 10.4. The summed E-state index contributed by atoms with van der Waals surface area (Å²) in [5, 5.41) is 0. The molecule has 0 aliphatic carbocycles. The highest BCUT2D eigenvalue weighted by Crippen LogP contribution is 2.26. The molecule has 0 rings (SSSR count). The second-order valence-corrected chi connectivity index (χ2v) is 3.18. The summed E-state index contributed by atoms with van der Waals surface area (Å²) in [6.45, 7) is 20.6. The molecule has 76 valence electrons. The van der Waals surface area contributed by atoms with Crippen LogP contribution in [0.5, 0.6) is 0 Å². The van der Waals surface area contributed by atoms with Crippen LogP contribution in [0.4, 0.5) is 0 Å². The molecule has 0 saturated carbocycles. The smallest absolute Gasteiger partial charge is 0.0155 e. The Morgan fingerprint density at radius 1 is 1.00 bits per heavy atom. The van der Waals surface area contributed by atoms with E-state index >= 15 is 0 Å². The van der Waals surface area contributed by atoms with Gasteiger partial charge in [-0.05, 0) is 11.3 Å². The number of hydrogen-bond donors (Lipinski definition) is 0. The average Bonchev–Trinajstić information content (AvgIpc) is 2.11. The molecule has 0 fully saturated rings. The van der Waals surface area contributed by atoms with Crippen molar-refractivity contribution in [1.82, 2.24) is 0 Å². The van der Waals surface area contributed by atoms with Gasteiger partial charge >= 0.3 is 0 Å². The van der Waals surface area contributed by atoms with Gasteiger partial charge in [0.1, 0.15) is 0 Å². The second-order valence-electron chi connectivity index (χ2n) is 3.18. The SMILES string of the molecule is C=CC(C)(C)C(C)C.CC.CC. The molecule has 0 radical (unpaired) electrons. The fraction of sp³-hybridized carbons (Fsp3) is 0.833. The minimum absolute atomic E-state index is 0.306. The fourth-order valence-corrected chi connectivity index (χ4v) is 0.236. The molecule has 0 aliphatic heterocycles. The van der Waals surface area contributed by atoms with Gasteiger partial charge in [-0.2, -0.15) is 0 Å². The molecule has 0 bridgehead atoms. The third kappa shape index (κ3) is 9.74. The normalized spacial score (nSPS) is 9.08. The summed E-state index contributed by atoms with van der Waals surface area (Å²) in [7, 11) is 0. The Balaban J connectivity index is -0.000000175. The van der Waals surface area contributed by atoms with Gasteiger partial charge in [-0.25, -0.2) is 0 Å². The van der Waals surface area contributed by atoms with Crippen molar-refractivity contribution < 1.29 is 0 Å².